The number of carbonyl (C=O) groups excluding carboxylic acids is 2. The lowest BCUT2D eigenvalue weighted by Gasteiger charge is -2.44. The maximum Gasteiger partial charge on any atom is 0.412 e. The van der Waals surface area contributed by atoms with Gasteiger partial charge in [0.2, 0.25) is 0 Å². The quantitative estimate of drug-likeness (QED) is 0.113. The van der Waals surface area contributed by atoms with E-state index in [2.05, 4.69) is 84.2 Å². The minimum absolute atomic E-state index is 0.114. The fraction of sp³-hybridized carbons (Fsp3) is 0.556. The van der Waals surface area contributed by atoms with Gasteiger partial charge in [0.25, 0.3) is 0 Å². The van der Waals surface area contributed by atoms with Crippen LogP contribution >= 0.6 is 0 Å². The van der Waals surface area contributed by atoms with Crippen molar-refractivity contribution in [3.8, 4) is 0 Å². The van der Waals surface area contributed by atoms with Gasteiger partial charge < -0.3 is 13.9 Å². The predicted octanol–water partition coefficient (Wildman–Crippen LogP) is 8.92. The molecule has 1 fully saturated rings. The second-order valence-electron chi connectivity index (χ2n) is 14.1. The van der Waals surface area contributed by atoms with E-state index in [9.17, 15) is 9.59 Å². The Hall–Kier alpha value is -2.90. The molecule has 6 nitrogen and oxygen atoms in total. The van der Waals surface area contributed by atoms with Crippen LogP contribution in [-0.4, -0.2) is 33.1 Å². The fourth-order valence-electron chi connectivity index (χ4n) is 5.50. The lowest BCUT2D eigenvalue weighted by molar-refractivity contribution is -0.152. The van der Waals surface area contributed by atoms with Crippen LogP contribution in [0.1, 0.15) is 84.8 Å². The summed E-state index contributed by atoms with van der Waals surface area (Å²) in [5, 5.41) is 2.83. The van der Waals surface area contributed by atoms with E-state index in [0.717, 1.165) is 31.2 Å². The molecular formula is C36H53NO5Si. The maximum absolute atomic E-state index is 13.7. The van der Waals surface area contributed by atoms with E-state index < -0.39 is 20.4 Å². The van der Waals surface area contributed by atoms with Crippen LogP contribution < -0.4 is 5.32 Å². The second kappa shape index (κ2) is 15.2. The average molecular weight is 608 g/mol. The Kier molecular flexibility index (Phi) is 12.2. The summed E-state index contributed by atoms with van der Waals surface area (Å²) in [7, 11) is -1.86. The minimum atomic E-state index is -1.86. The molecule has 236 valence electrons. The van der Waals surface area contributed by atoms with Gasteiger partial charge in [-0.05, 0) is 66.3 Å². The van der Waals surface area contributed by atoms with Gasteiger partial charge in [-0.15, -0.1) is 0 Å². The van der Waals surface area contributed by atoms with Crippen LogP contribution in [0.4, 0.5) is 4.79 Å². The van der Waals surface area contributed by atoms with Gasteiger partial charge in [0.05, 0.1) is 0 Å². The van der Waals surface area contributed by atoms with Gasteiger partial charge >= 0.3 is 12.1 Å². The third-order valence-electron chi connectivity index (χ3n) is 9.39. The van der Waals surface area contributed by atoms with Crippen LogP contribution in [0.3, 0.4) is 0 Å². The lowest BCUT2D eigenvalue weighted by atomic mass is 9.64. The predicted molar refractivity (Wildman–Crippen MR) is 176 cm³/mol. The molecule has 7 heteroatoms. The molecule has 2 aromatic carbocycles. The average Bonchev–Trinajstić information content (AvgIpc) is 2.95. The summed E-state index contributed by atoms with van der Waals surface area (Å²) in [4.78, 5) is 26.5. The highest BCUT2D eigenvalue weighted by atomic mass is 28.4. The van der Waals surface area contributed by atoms with Crippen molar-refractivity contribution >= 4 is 20.4 Å². The normalized spacial score (nSPS) is 19.9. The summed E-state index contributed by atoms with van der Waals surface area (Å²) < 4.78 is 18.0. The van der Waals surface area contributed by atoms with Gasteiger partial charge in [0.1, 0.15) is 18.4 Å². The molecule has 0 aromatic heterocycles. The molecule has 0 bridgehead atoms. The van der Waals surface area contributed by atoms with E-state index in [1.165, 1.54) is 5.56 Å². The van der Waals surface area contributed by atoms with Crippen LogP contribution in [0.2, 0.25) is 18.1 Å². The molecule has 0 aliphatic heterocycles. The summed E-state index contributed by atoms with van der Waals surface area (Å²) >= 11 is 0. The first-order valence-corrected chi connectivity index (χ1v) is 18.7. The van der Waals surface area contributed by atoms with Crippen LogP contribution in [0.25, 0.3) is 0 Å². The van der Waals surface area contributed by atoms with E-state index in [4.69, 9.17) is 13.9 Å². The first kappa shape index (κ1) is 34.6. The minimum Gasteiger partial charge on any atom is -0.457 e. The molecule has 1 N–H and O–H groups in total. The van der Waals surface area contributed by atoms with Crippen LogP contribution in [0.5, 0.6) is 0 Å². The molecule has 0 heterocycles. The number of benzene rings is 2. The van der Waals surface area contributed by atoms with E-state index >= 15 is 0 Å². The fourth-order valence-corrected chi connectivity index (χ4v) is 6.58. The number of allylic oxidation sites excluding steroid dienone is 1. The summed E-state index contributed by atoms with van der Waals surface area (Å²) in [5.41, 5.74) is 2.05. The Morgan fingerprint density at radius 3 is 2.21 bits per heavy atom. The molecule has 0 spiro atoms. The van der Waals surface area contributed by atoms with Gasteiger partial charge in [-0.1, -0.05) is 115 Å². The van der Waals surface area contributed by atoms with Crippen molar-refractivity contribution in [2.75, 3.05) is 6.61 Å². The van der Waals surface area contributed by atoms with Gasteiger partial charge in [-0.3, -0.25) is 5.32 Å². The second-order valence-corrected chi connectivity index (χ2v) is 18.9. The van der Waals surface area contributed by atoms with Crippen molar-refractivity contribution in [2.45, 2.75) is 110 Å². The van der Waals surface area contributed by atoms with Crippen molar-refractivity contribution in [1.82, 2.24) is 5.32 Å². The number of ether oxygens (including phenoxy) is 2. The number of rotatable bonds is 12. The zero-order valence-electron chi connectivity index (χ0n) is 27.6. The number of unbranched alkanes of at least 4 members (excludes halogenated alkanes) is 1. The third-order valence-corrected chi connectivity index (χ3v) is 13.9. The maximum atomic E-state index is 13.7. The Morgan fingerprint density at radius 1 is 0.953 bits per heavy atom. The molecule has 43 heavy (non-hydrogen) atoms. The Balaban J connectivity index is 1.73. The molecule has 0 saturated heterocycles. The van der Waals surface area contributed by atoms with Crippen molar-refractivity contribution in [3.05, 3.63) is 83.6 Å². The molecule has 1 aliphatic carbocycles. The molecule has 1 amide bonds. The van der Waals surface area contributed by atoms with Gasteiger partial charge in [-0.25, -0.2) is 9.59 Å². The number of hydrogen-bond acceptors (Lipinski definition) is 5. The zero-order valence-corrected chi connectivity index (χ0v) is 28.6. The molecule has 1 aliphatic rings. The molecule has 0 unspecified atom stereocenters. The van der Waals surface area contributed by atoms with Gasteiger partial charge in [0, 0.05) is 12.5 Å². The van der Waals surface area contributed by atoms with Crippen molar-refractivity contribution in [2.24, 2.45) is 11.8 Å². The molecule has 1 saturated carbocycles. The number of nitrogens with one attached hydrogen (secondary N) is 1. The van der Waals surface area contributed by atoms with E-state index in [-0.39, 0.29) is 34.8 Å². The first-order valence-electron chi connectivity index (χ1n) is 15.8. The van der Waals surface area contributed by atoms with E-state index in [1.54, 1.807) is 6.08 Å². The number of hydrogen-bond donors (Lipinski definition) is 1. The van der Waals surface area contributed by atoms with Crippen molar-refractivity contribution in [1.29, 1.82) is 0 Å². The molecule has 3 atom stereocenters. The number of esters is 1. The number of carbonyl (C=O) groups is 2. The van der Waals surface area contributed by atoms with Crippen LogP contribution in [-0.2, 0) is 30.7 Å². The highest BCUT2D eigenvalue weighted by Gasteiger charge is 2.42. The molecule has 0 radical (unpaired) electrons. The lowest BCUT2D eigenvalue weighted by Crippen LogP contribution is -2.44. The number of amides is 1. The third kappa shape index (κ3) is 10.1. The smallest absolute Gasteiger partial charge is 0.412 e. The molecule has 3 rings (SSSR count). The first-order chi connectivity index (χ1) is 20.2. The SMILES string of the molecule is C[C@@H]1CC[C@@H](C(C)(C)c2ccccc2)[C@H](OC(=O)/C(=C/CCCO[Si](C)(C)C(C)(C)C)NC(=O)OCc2ccccc2)C1. The Labute approximate surface area is 260 Å². The van der Waals surface area contributed by atoms with Crippen LogP contribution in [0, 0.1) is 11.8 Å². The standard InChI is InChI=1S/C36H53NO5Si/c1-27-22-23-30(36(5,6)29-19-13-10-14-20-29)32(25-27)42-33(38)31(21-15-16-24-41-43(7,8)35(2,3)4)37-34(39)40-26-28-17-11-9-12-18-28/h9-14,17-21,27,30,32H,15-16,22-26H2,1-8H3,(H,37,39)/b31-21-/t27-,30-,32-/m1/s1. The summed E-state index contributed by atoms with van der Waals surface area (Å²) in [6.07, 6.45) is 4.96. The summed E-state index contributed by atoms with van der Waals surface area (Å²) in [6.45, 7) is 18.5. The van der Waals surface area contributed by atoms with Crippen LogP contribution in [0.15, 0.2) is 72.4 Å². The highest BCUT2D eigenvalue weighted by Crippen LogP contribution is 2.44. The summed E-state index contributed by atoms with van der Waals surface area (Å²) in [6, 6.07) is 19.9. The largest absolute Gasteiger partial charge is 0.457 e. The van der Waals surface area contributed by atoms with Crippen molar-refractivity contribution in [3.63, 3.8) is 0 Å². The molecule has 2 aromatic rings. The van der Waals surface area contributed by atoms with Gasteiger partial charge in [0.15, 0.2) is 8.32 Å². The van der Waals surface area contributed by atoms with Crippen molar-refractivity contribution < 1.29 is 23.5 Å². The summed E-state index contributed by atoms with van der Waals surface area (Å²) in [5.74, 6) is 0.0820. The van der Waals surface area contributed by atoms with E-state index in [0.29, 0.717) is 18.9 Å². The monoisotopic (exact) mass is 607 g/mol. The Bertz CT molecular complexity index is 1200. The topological polar surface area (TPSA) is 73.9 Å². The van der Waals surface area contributed by atoms with E-state index in [1.807, 2.05) is 36.4 Å². The highest BCUT2D eigenvalue weighted by molar-refractivity contribution is 6.74. The Morgan fingerprint density at radius 2 is 1.58 bits per heavy atom. The zero-order chi connectivity index (χ0) is 31.7. The molecular weight excluding hydrogens is 554 g/mol. The van der Waals surface area contributed by atoms with Gasteiger partial charge in [-0.2, -0.15) is 0 Å². The number of alkyl carbamates (subject to hydrolysis) is 1.